The Labute approximate surface area is 82.8 Å². The molecule has 3 heteroatoms. The summed E-state index contributed by atoms with van der Waals surface area (Å²) in [6, 6.07) is 6.30. The highest BCUT2D eigenvalue weighted by Gasteiger charge is 2.22. The molecule has 0 fully saturated rings. The fourth-order valence-corrected chi connectivity index (χ4v) is 1.89. The molecule has 2 heterocycles. The third-order valence-electron chi connectivity index (χ3n) is 2.60. The van der Waals surface area contributed by atoms with E-state index >= 15 is 0 Å². The molecular weight excluding hydrogens is 174 g/mol. The molecule has 70 valence electrons. The van der Waals surface area contributed by atoms with Crippen LogP contribution in [0.1, 0.15) is 11.1 Å². The van der Waals surface area contributed by atoms with Gasteiger partial charge in [-0.15, -0.1) is 0 Å². The summed E-state index contributed by atoms with van der Waals surface area (Å²) in [5.74, 6) is 1.08. The van der Waals surface area contributed by atoms with Crippen LogP contribution in [0.15, 0.2) is 28.2 Å². The van der Waals surface area contributed by atoms with Crippen LogP contribution in [0.3, 0.4) is 0 Å². The Hall–Kier alpha value is -1.64. The molecule has 0 amide bonds. The lowest BCUT2D eigenvalue weighted by molar-refractivity contribution is 0.680. The summed E-state index contributed by atoms with van der Waals surface area (Å²) in [6.45, 7) is 3.94. The molecule has 3 nitrogen and oxygen atoms in total. The Bertz CT molecular complexity index is 446. The Morgan fingerprint density at radius 2 is 2.29 bits per heavy atom. The molecule has 0 aromatic heterocycles. The van der Waals surface area contributed by atoms with Crippen LogP contribution in [-0.2, 0) is 0 Å². The number of amidine groups is 1. The molecule has 0 saturated heterocycles. The van der Waals surface area contributed by atoms with E-state index in [2.05, 4.69) is 40.0 Å². The Morgan fingerprint density at radius 3 is 3.21 bits per heavy atom. The van der Waals surface area contributed by atoms with Crippen LogP contribution in [0.25, 0.3) is 0 Å². The van der Waals surface area contributed by atoms with E-state index in [-0.39, 0.29) is 0 Å². The molecule has 1 aromatic carbocycles. The minimum absolute atomic E-state index is 0.884. The van der Waals surface area contributed by atoms with Gasteiger partial charge in [0.25, 0.3) is 0 Å². The van der Waals surface area contributed by atoms with E-state index < -0.39 is 0 Å². The van der Waals surface area contributed by atoms with Crippen molar-refractivity contribution in [2.75, 3.05) is 13.1 Å². The summed E-state index contributed by atoms with van der Waals surface area (Å²) in [7, 11) is 0. The molecule has 0 bridgehead atoms. The van der Waals surface area contributed by atoms with Crippen molar-refractivity contribution in [3.63, 3.8) is 0 Å². The van der Waals surface area contributed by atoms with E-state index in [1.165, 1.54) is 11.1 Å². The number of nitrogens with zero attached hydrogens (tertiary/aromatic N) is 3. The van der Waals surface area contributed by atoms with Crippen LogP contribution in [0.4, 0.5) is 5.69 Å². The topological polar surface area (TPSA) is 28.0 Å². The Balaban J connectivity index is 2.22. The van der Waals surface area contributed by atoms with Gasteiger partial charge in [0.1, 0.15) is 5.84 Å². The highest BCUT2D eigenvalue weighted by atomic mass is 15.3. The first-order chi connectivity index (χ1) is 6.84. The van der Waals surface area contributed by atoms with Crippen molar-refractivity contribution in [1.82, 2.24) is 4.90 Å². The Kier molecular flexibility index (Phi) is 1.48. The number of rotatable bonds is 0. The maximum absolute atomic E-state index is 4.49. The van der Waals surface area contributed by atoms with Gasteiger partial charge in [-0.1, -0.05) is 11.6 Å². The van der Waals surface area contributed by atoms with Gasteiger partial charge in [-0.05, 0) is 19.1 Å². The fraction of sp³-hybridized carbons (Fsp3) is 0.273. The molecule has 2 aliphatic rings. The maximum atomic E-state index is 4.49. The molecule has 0 unspecified atom stereocenters. The average molecular weight is 185 g/mol. The van der Waals surface area contributed by atoms with Gasteiger partial charge in [-0.3, -0.25) is 4.99 Å². The van der Waals surface area contributed by atoms with Crippen molar-refractivity contribution in [3.05, 3.63) is 29.3 Å². The lowest BCUT2D eigenvalue weighted by Gasteiger charge is -2.20. The van der Waals surface area contributed by atoms with Crippen LogP contribution in [-0.4, -0.2) is 30.2 Å². The van der Waals surface area contributed by atoms with Crippen molar-refractivity contribution in [3.8, 4) is 0 Å². The number of aryl methyl sites for hydroxylation is 1. The molecule has 0 N–H and O–H groups in total. The van der Waals surface area contributed by atoms with E-state index in [1.54, 1.807) is 0 Å². The zero-order valence-electron chi connectivity index (χ0n) is 8.07. The molecule has 0 atom stereocenters. The molecule has 0 radical (unpaired) electrons. The smallest absolute Gasteiger partial charge is 0.138 e. The molecule has 2 aliphatic heterocycles. The second-order valence-corrected chi connectivity index (χ2v) is 3.66. The minimum Gasteiger partial charge on any atom is -0.315 e. The van der Waals surface area contributed by atoms with Gasteiger partial charge in [0.15, 0.2) is 0 Å². The van der Waals surface area contributed by atoms with Crippen molar-refractivity contribution in [1.29, 1.82) is 0 Å². The largest absolute Gasteiger partial charge is 0.315 e. The normalized spacial score (nSPS) is 17.8. The first-order valence-corrected chi connectivity index (χ1v) is 4.81. The molecular formula is C11H11N3. The van der Waals surface area contributed by atoms with Gasteiger partial charge in [0, 0.05) is 12.1 Å². The monoisotopic (exact) mass is 185 g/mol. The maximum Gasteiger partial charge on any atom is 0.138 e. The van der Waals surface area contributed by atoms with Crippen LogP contribution < -0.4 is 0 Å². The van der Waals surface area contributed by atoms with E-state index in [9.17, 15) is 0 Å². The SMILES string of the molecule is Cc1ccc2c(c1)C1=NCCN1C=N2. The van der Waals surface area contributed by atoms with Crippen molar-refractivity contribution in [2.24, 2.45) is 9.98 Å². The second-order valence-electron chi connectivity index (χ2n) is 3.66. The number of fused-ring (bicyclic) bond motifs is 3. The van der Waals surface area contributed by atoms with Gasteiger partial charge in [0.2, 0.25) is 0 Å². The predicted octanol–water partition coefficient (Wildman–Crippen LogP) is 1.73. The lowest BCUT2D eigenvalue weighted by atomic mass is 10.1. The second kappa shape index (κ2) is 2.67. The summed E-state index contributed by atoms with van der Waals surface area (Å²) >= 11 is 0. The zero-order valence-corrected chi connectivity index (χ0v) is 8.07. The molecule has 1 aromatic rings. The van der Waals surface area contributed by atoms with Crippen molar-refractivity contribution < 1.29 is 0 Å². The van der Waals surface area contributed by atoms with Gasteiger partial charge in [-0.25, -0.2) is 4.99 Å². The van der Waals surface area contributed by atoms with Crippen LogP contribution >= 0.6 is 0 Å². The highest BCUT2D eigenvalue weighted by Crippen LogP contribution is 2.26. The van der Waals surface area contributed by atoms with Crippen molar-refractivity contribution in [2.45, 2.75) is 6.92 Å². The number of aliphatic imine (C=N–C) groups is 2. The molecule has 14 heavy (non-hydrogen) atoms. The van der Waals surface area contributed by atoms with E-state index in [0.717, 1.165) is 24.6 Å². The zero-order chi connectivity index (χ0) is 9.54. The highest BCUT2D eigenvalue weighted by molar-refractivity contribution is 6.11. The average Bonchev–Trinajstić information content (AvgIpc) is 2.65. The minimum atomic E-state index is 0.884. The van der Waals surface area contributed by atoms with Crippen LogP contribution in [0.2, 0.25) is 0 Å². The van der Waals surface area contributed by atoms with E-state index in [1.807, 2.05) is 6.34 Å². The summed E-state index contributed by atoms with van der Waals surface area (Å²) < 4.78 is 0. The fourth-order valence-electron chi connectivity index (χ4n) is 1.89. The number of hydrogen-bond donors (Lipinski definition) is 0. The predicted molar refractivity (Wildman–Crippen MR) is 57.4 cm³/mol. The third kappa shape index (κ3) is 0.985. The van der Waals surface area contributed by atoms with Crippen LogP contribution in [0.5, 0.6) is 0 Å². The third-order valence-corrected chi connectivity index (χ3v) is 2.60. The quantitative estimate of drug-likeness (QED) is 0.605. The van der Waals surface area contributed by atoms with Crippen LogP contribution in [0, 0.1) is 6.92 Å². The lowest BCUT2D eigenvalue weighted by Crippen LogP contribution is -2.29. The number of hydrogen-bond acceptors (Lipinski definition) is 3. The molecule has 0 spiro atoms. The first kappa shape index (κ1) is 7.74. The van der Waals surface area contributed by atoms with Gasteiger partial charge < -0.3 is 4.90 Å². The van der Waals surface area contributed by atoms with Crippen molar-refractivity contribution >= 4 is 17.9 Å². The molecule has 0 aliphatic carbocycles. The van der Waals surface area contributed by atoms with E-state index in [0.29, 0.717) is 0 Å². The Morgan fingerprint density at radius 1 is 1.36 bits per heavy atom. The standard InChI is InChI=1S/C11H11N3/c1-8-2-3-10-9(6-8)11-12-4-5-14(11)7-13-10/h2-3,6-7H,4-5H2,1H3. The summed E-state index contributed by atoms with van der Waals surface area (Å²) in [6.07, 6.45) is 1.88. The summed E-state index contributed by atoms with van der Waals surface area (Å²) in [5, 5.41) is 0. The summed E-state index contributed by atoms with van der Waals surface area (Å²) in [5.41, 5.74) is 3.47. The first-order valence-electron chi connectivity index (χ1n) is 4.81. The van der Waals surface area contributed by atoms with E-state index in [4.69, 9.17) is 0 Å². The molecule has 3 rings (SSSR count). The van der Waals surface area contributed by atoms with Gasteiger partial charge in [0.05, 0.1) is 18.6 Å². The summed E-state index contributed by atoms with van der Waals surface area (Å²) in [4.78, 5) is 11.0. The van der Waals surface area contributed by atoms with Gasteiger partial charge in [-0.2, -0.15) is 0 Å². The number of benzene rings is 1. The molecule has 0 saturated carbocycles. The van der Waals surface area contributed by atoms with Gasteiger partial charge >= 0.3 is 0 Å².